The summed E-state index contributed by atoms with van der Waals surface area (Å²) in [6.07, 6.45) is 3.01. The Kier molecular flexibility index (Phi) is 2.73. The third kappa shape index (κ3) is 1.88. The van der Waals surface area contributed by atoms with E-state index in [0.717, 1.165) is 17.9 Å². The lowest BCUT2D eigenvalue weighted by Crippen LogP contribution is -2.13. The first-order valence-electron chi connectivity index (χ1n) is 5.35. The Morgan fingerprint density at radius 2 is 2.27 bits per heavy atom. The van der Waals surface area contributed by atoms with Crippen LogP contribution in [0.2, 0.25) is 0 Å². The van der Waals surface area contributed by atoms with Crippen molar-refractivity contribution in [2.24, 2.45) is 11.7 Å². The zero-order valence-electron chi connectivity index (χ0n) is 9.27. The fraction of sp³-hybridized carbons (Fsp3) is 0.417. The summed E-state index contributed by atoms with van der Waals surface area (Å²) in [6, 6.07) is 6.18. The summed E-state index contributed by atoms with van der Waals surface area (Å²) in [5.74, 6) is 1.54. The van der Waals surface area contributed by atoms with Crippen molar-refractivity contribution in [3.05, 3.63) is 35.9 Å². The number of hydrogen-bond donors (Lipinski definition) is 1. The molecule has 1 unspecified atom stereocenters. The predicted octanol–water partition coefficient (Wildman–Crippen LogP) is 1.78. The molecule has 0 saturated heterocycles. The van der Waals surface area contributed by atoms with Crippen LogP contribution in [0.3, 0.4) is 0 Å². The molecule has 3 heteroatoms. The maximum atomic E-state index is 5.64. The van der Waals surface area contributed by atoms with Crippen LogP contribution in [0.25, 0.3) is 5.52 Å². The molecule has 0 aromatic carbocycles. The highest BCUT2D eigenvalue weighted by Gasteiger charge is 2.09. The summed E-state index contributed by atoms with van der Waals surface area (Å²) >= 11 is 0. The van der Waals surface area contributed by atoms with Gasteiger partial charge in [0, 0.05) is 6.20 Å². The van der Waals surface area contributed by atoms with E-state index in [1.165, 1.54) is 5.52 Å². The number of imidazole rings is 1. The van der Waals surface area contributed by atoms with Crippen molar-refractivity contribution in [1.82, 2.24) is 9.38 Å². The normalized spacial score (nSPS) is 13.3. The van der Waals surface area contributed by atoms with Gasteiger partial charge in [-0.3, -0.25) is 0 Å². The van der Waals surface area contributed by atoms with Gasteiger partial charge in [0.1, 0.15) is 5.82 Å². The van der Waals surface area contributed by atoms with Crippen molar-refractivity contribution < 1.29 is 0 Å². The Labute approximate surface area is 89.9 Å². The standard InChI is InChI=1S/C12H17N3/c1-9(8-13)7-11-12-5-3-4-6-15(12)10(2)14-11/h3-6,9H,7-8,13H2,1-2H3. The van der Waals surface area contributed by atoms with Crippen LogP contribution in [0.15, 0.2) is 24.4 Å². The Balaban J connectivity index is 2.43. The highest BCUT2D eigenvalue weighted by molar-refractivity contribution is 5.53. The van der Waals surface area contributed by atoms with E-state index in [1.54, 1.807) is 0 Å². The molecule has 0 spiro atoms. The van der Waals surface area contributed by atoms with Crippen molar-refractivity contribution in [3.63, 3.8) is 0 Å². The van der Waals surface area contributed by atoms with Crippen LogP contribution in [-0.2, 0) is 6.42 Å². The Morgan fingerprint density at radius 1 is 1.47 bits per heavy atom. The predicted molar refractivity (Wildman–Crippen MR) is 61.9 cm³/mol. The van der Waals surface area contributed by atoms with Crippen LogP contribution < -0.4 is 5.73 Å². The molecule has 0 aliphatic carbocycles. The molecule has 2 aromatic rings. The van der Waals surface area contributed by atoms with Gasteiger partial charge in [-0.1, -0.05) is 13.0 Å². The maximum absolute atomic E-state index is 5.64. The molecular weight excluding hydrogens is 186 g/mol. The van der Waals surface area contributed by atoms with E-state index in [0.29, 0.717) is 12.5 Å². The van der Waals surface area contributed by atoms with Crippen LogP contribution in [0.1, 0.15) is 18.4 Å². The third-order valence-electron chi connectivity index (χ3n) is 2.75. The van der Waals surface area contributed by atoms with Crippen molar-refractivity contribution in [1.29, 1.82) is 0 Å². The number of nitrogens with two attached hydrogens (primary N) is 1. The summed E-state index contributed by atoms with van der Waals surface area (Å²) in [7, 11) is 0. The second-order valence-corrected chi connectivity index (χ2v) is 4.11. The van der Waals surface area contributed by atoms with Gasteiger partial charge in [-0.05, 0) is 37.9 Å². The number of aromatic nitrogens is 2. The van der Waals surface area contributed by atoms with E-state index in [1.807, 2.05) is 25.3 Å². The summed E-state index contributed by atoms with van der Waals surface area (Å²) in [5, 5.41) is 0. The molecule has 2 rings (SSSR count). The van der Waals surface area contributed by atoms with Gasteiger partial charge in [-0.15, -0.1) is 0 Å². The van der Waals surface area contributed by atoms with Gasteiger partial charge in [0.05, 0.1) is 11.2 Å². The summed E-state index contributed by atoms with van der Waals surface area (Å²) < 4.78 is 2.12. The first-order chi connectivity index (χ1) is 7.22. The molecule has 0 saturated carbocycles. The number of fused-ring (bicyclic) bond motifs is 1. The minimum atomic E-state index is 0.489. The number of rotatable bonds is 3. The van der Waals surface area contributed by atoms with Crippen LogP contribution in [-0.4, -0.2) is 15.9 Å². The maximum Gasteiger partial charge on any atom is 0.110 e. The smallest absolute Gasteiger partial charge is 0.110 e. The lowest BCUT2D eigenvalue weighted by Gasteiger charge is -2.05. The summed E-state index contributed by atoms with van der Waals surface area (Å²) in [4.78, 5) is 4.59. The number of aryl methyl sites for hydroxylation is 1. The van der Waals surface area contributed by atoms with Gasteiger partial charge in [-0.25, -0.2) is 4.98 Å². The highest BCUT2D eigenvalue weighted by atomic mass is 15.0. The van der Waals surface area contributed by atoms with E-state index in [-0.39, 0.29) is 0 Å². The lowest BCUT2D eigenvalue weighted by molar-refractivity contribution is 0.587. The molecule has 3 nitrogen and oxygen atoms in total. The van der Waals surface area contributed by atoms with Gasteiger partial charge in [0.2, 0.25) is 0 Å². The van der Waals surface area contributed by atoms with E-state index < -0.39 is 0 Å². The molecule has 80 valence electrons. The molecule has 1 atom stereocenters. The average Bonchev–Trinajstić information content (AvgIpc) is 2.57. The monoisotopic (exact) mass is 203 g/mol. The van der Waals surface area contributed by atoms with Crippen LogP contribution in [0, 0.1) is 12.8 Å². The van der Waals surface area contributed by atoms with E-state index in [4.69, 9.17) is 5.73 Å². The lowest BCUT2D eigenvalue weighted by atomic mass is 10.1. The number of nitrogens with zero attached hydrogens (tertiary/aromatic N) is 2. The highest BCUT2D eigenvalue weighted by Crippen LogP contribution is 2.15. The van der Waals surface area contributed by atoms with Gasteiger partial charge in [0.25, 0.3) is 0 Å². The largest absolute Gasteiger partial charge is 0.330 e. The molecule has 0 bridgehead atoms. The van der Waals surface area contributed by atoms with Gasteiger partial charge in [0.15, 0.2) is 0 Å². The van der Waals surface area contributed by atoms with Crippen molar-refractivity contribution in [3.8, 4) is 0 Å². The Morgan fingerprint density at radius 3 is 3.00 bits per heavy atom. The van der Waals surface area contributed by atoms with Crippen molar-refractivity contribution in [2.45, 2.75) is 20.3 Å². The molecule has 0 aliphatic heterocycles. The zero-order chi connectivity index (χ0) is 10.8. The molecule has 0 aliphatic rings. The van der Waals surface area contributed by atoms with Crippen molar-refractivity contribution in [2.75, 3.05) is 6.54 Å². The molecule has 0 amide bonds. The average molecular weight is 203 g/mol. The number of pyridine rings is 1. The van der Waals surface area contributed by atoms with Crippen LogP contribution in [0.4, 0.5) is 0 Å². The molecular formula is C12H17N3. The van der Waals surface area contributed by atoms with Gasteiger partial charge in [-0.2, -0.15) is 0 Å². The summed E-state index contributed by atoms with van der Waals surface area (Å²) in [5.41, 5.74) is 8.00. The van der Waals surface area contributed by atoms with Crippen molar-refractivity contribution >= 4 is 5.52 Å². The molecule has 0 radical (unpaired) electrons. The van der Waals surface area contributed by atoms with E-state index in [2.05, 4.69) is 22.4 Å². The van der Waals surface area contributed by atoms with Crippen LogP contribution >= 0.6 is 0 Å². The van der Waals surface area contributed by atoms with Crippen LogP contribution in [0.5, 0.6) is 0 Å². The molecule has 2 heterocycles. The quantitative estimate of drug-likeness (QED) is 0.826. The van der Waals surface area contributed by atoms with E-state index >= 15 is 0 Å². The first kappa shape index (κ1) is 10.2. The second kappa shape index (κ2) is 4.03. The summed E-state index contributed by atoms with van der Waals surface area (Å²) in [6.45, 7) is 4.90. The molecule has 15 heavy (non-hydrogen) atoms. The Bertz CT molecular complexity index is 459. The Hall–Kier alpha value is -1.35. The third-order valence-corrected chi connectivity index (χ3v) is 2.75. The van der Waals surface area contributed by atoms with Gasteiger partial charge >= 0.3 is 0 Å². The van der Waals surface area contributed by atoms with Gasteiger partial charge < -0.3 is 10.1 Å². The minimum absolute atomic E-state index is 0.489. The SMILES string of the molecule is Cc1nc(CC(C)CN)c2ccccn12. The molecule has 2 aromatic heterocycles. The topological polar surface area (TPSA) is 43.3 Å². The zero-order valence-corrected chi connectivity index (χ0v) is 9.27. The van der Waals surface area contributed by atoms with E-state index in [9.17, 15) is 0 Å². The fourth-order valence-electron chi connectivity index (χ4n) is 1.83. The molecule has 2 N–H and O–H groups in total. The first-order valence-corrected chi connectivity index (χ1v) is 5.35. The number of hydrogen-bond acceptors (Lipinski definition) is 2. The second-order valence-electron chi connectivity index (χ2n) is 4.11. The molecule has 0 fully saturated rings. The minimum Gasteiger partial charge on any atom is -0.330 e. The fourth-order valence-corrected chi connectivity index (χ4v) is 1.83.